The predicted molar refractivity (Wildman–Crippen MR) is 262 cm³/mol. The number of benzene rings is 1. The minimum absolute atomic E-state index is 0.0914. The van der Waals surface area contributed by atoms with Gasteiger partial charge in [0.1, 0.15) is 48.3 Å². The van der Waals surface area contributed by atoms with Crippen LogP contribution >= 0.6 is 11.8 Å². The molecule has 0 saturated carbocycles. The number of hydrogen-bond acceptors (Lipinski definition) is 16. The molecule has 0 saturated heterocycles. The maximum Gasteiger partial charge on any atom is 0.326 e. The Morgan fingerprint density at radius 1 is 0.493 bits per heavy atom. The zero-order chi connectivity index (χ0) is 55.5. The van der Waals surface area contributed by atoms with Gasteiger partial charge in [-0.3, -0.25) is 52.7 Å². The number of primary amides is 2. The quantitative estimate of drug-likeness (QED) is 0.0303. The van der Waals surface area contributed by atoms with Gasteiger partial charge in [-0.25, -0.2) is 4.79 Å². The first-order chi connectivity index (χ1) is 34.3. The first-order valence-corrected chi connectivity index (χ1v) is 24.6. The summed E-state index contributed by atoms with van der Waals surface area (Å²) in [7, 11) is 0. The average Bonchev–Trinajstić information content (AvgIpc) is 3.32. The van der Waals surface area contributed by atoms with Gasteiger partial charge in [0.05, 0.1) is 19.3 Å². The van der Waals surface area contributed by atoms with Gasteiger partial charge in [-0.1, -0.05) is 58.0 Å². The monoisotopic (exact) mass is 1050 g/mol. The summed E-state index contributed by atoms with van der Waals surface area (Å²) in [5.41, 5.74) is 17.0. The maximum absolute atomic E-state index is 13.9. The molecule has 0 aromatic heterocycles. The summed E-state index contributed by atoms with van der Waals surface area (Å²) in [5.74, 6) is -13.5. The Morgan fingerprint density at radius 3 is 1.26 bits per heavy atom. The lowest BCUT2D eigenvalue weighted by atomic mass is 10.00. The van der Waals surface area contributed by atoms with Gasteiger partial charge in [0.25, 0.3) is 0 Å². The molecule has 0 bridgehead atoms. The third kappa shape index (κ3) is 23.9. The fourth-order valence-electron chi connectivity index (χ4n) is 6.57. The summed E-state index contributed by atoms with van der Waals surface area (Å²) in [6.07, 6.45) is -1.53. The summed E-state index contributed by atoms with van der Waals surface area (Å²) >= 11 is 1.36. The molecule has 10 amide bonds. The largest absolute Gasteiger partial charge is 0.481 e. The molecule has 0 aliphatic carbocycles. The number of aliphatic hydroxyl groups excluding tert-OH is 2. The van der Waals surface area contributed by atoms with Gasteiger partial charge in [-0.15, -0.1) is 0 Å². The molecule has 9 atom stereocenters. The SMILES string of the molecule is CSCC[C@H](NC(=O)[C@@H](NC(=O)[C@H](Cc1ccccc1)NC(=O)[C@H](CO)NC(=O)[C@H](CO)NC(=O)[C@H](CCC(=O)O)NC(=O)[C@H](CCC(N)=O)NC(=O)[C@H](CCC(N)=O)NC(=O)[C@@H](N)C(C)C)C(C)C)C(=O)O. The van der Waals surface area contributed by atoms with Gasteiger partial charge in [0, 0.05) is 25.7 Å². The number of nitrogens with one attached hydrogen (secondary N) is 8. The van der Waals surface area contributed by atoms with Crippen molar-refractivity contribution >= 4 is 82.8 Å². The van der Waals surface area contributed by atoms with Crippen LogP contribution in [0.5, 0.6) is 0 Å². The molecule has 18 N–H and O–H groups in total. The third-order valence-corrected chi connectivity index (χ3v) is 11.6. The Labute approximate surface area is 425 Å². The van der Waals surface area contributed by atoms with E-state index in [-0.39, 0.29) is 25.2 Å². The van der Waals surface area contributed by atoms with E-state index in [0.29, 0.717) is 11.3 Å². The van der Waals surface area contributed by atoms with Crippen LogP contribution in [0.1, 0.15) is 78.2 Å². The van der Waals surface area contributed by atoms with E-state index >= 15 is 0 Å². The molecule has 0 heterocycles. The predicted octanol–water partition coefficient (Wildman–Crippen LogP) is -5.04. The molecule has 27 nitrogen and oxygen atoms in total. The van der Waals surface area contributed by atoms with Crippen molar-refractivity contribution in [1.29, 1.82) is 0 Å². The number of nitrogens with two attached hydrogens (primary N) is 3. The summed E-state index contributed by atoms with van der Waals surface area (Å²) in [5, 5.41) is 58.1. The molecule has 0 unspecified atom stereocenters. The number of carbonyl (C=O) groups excluding carboxylic acids is 10. The first kappa shape index (κ1) is 64.1. The Hall–Kier alpha value is -6.91. The standard InChI is InChI=1S/C45H71N11O16S/c1-22(2)35(48)43(69)51-26(12-15-33(47)60)38(64)49-25(11-14-32(46)59)37(63)50-27(13-16-34(61)62)39(65)54-31(21-58)42(68)55-30(20-57)41(67)53-29(19-24-9-7-6-8-10-24)40(66)56-36(23(3)4)44(70)52-28(45(71)72)17-18-73-5/h6-10,22-23,25-31,35-36,57-58H,11-21,48H2,1-5H3,(H2,46,59)(H2,47,60)(H,49,64)(H,50,63)(H,51,69)(H,52,70)(H,53,67)(H,54,65)(H,55,68)(H,56,66)(H,61,62)(H,71,72)/t25-,26-,27-,28-,29-,30-,31-,35-,36-/m0/s1. The number of carboxylic acid groups (broad SMARTS) is 2. The lowest BCUT2D eigenvalue weighted by Crippen LogP contribution is -2.62. The van der Waals surface area contributed by atoms with Gasteiger partial charge in [0.2, 0.25) is 59.1 Å². The number of rotatable bonds is 35. The van der Waals surface area contributed by atoms with E-state index in [1.807, 2.05) is 0 Å². The molecule has 408 valence electrons. The van der Waals surface area contributed by atoms with Crippen molar-refractivity contribution < 1.29 is 78.0 Å². The second-order valence-corrected chi connectivity index (χ2v) is 18.5. The molecule has 0 aliphatic heterocycles. The molecule has 28 heteroatoms. The van der Waals surface area contributed by atoms with Crippen LogP contribution in [0, 0.1) is 11.8 Å². The van der Waals surface area contributed by atoms with Gasteiger partial charge in [-0.2, -0.15) is 11.8 Å². The Kier molecular flexibility index (Phi) is 28.9. The van der Waals surface area contributed by atoms with E-state index < -0.39 is 177 Å². The second kappa shape index (κ2) is 32.9. The fourth-order valence-corrected chi connectivity index (χ4v) is 7.04. The normalized spacial score (nSPS) is 14.8. The molecular weight excluding hydrogens is 983 g/mol. The van der Waals surface area contributed by atoms with Gasteiger partial charge in [0.15, 0.2) is 0 Å². The number of amides is 10. The van der Waals surface area contributed by atoms with Crippen LogP contribution < -0.4 is 59.7 Å². The number of carboxylic acids is 2. The van der Waals surface area contributed by atoms with Crippen LogP contribution in [0.3, 0.4) is 0 Å². The number of aliphatic carboxylic acids is 2. The van der Waals surface area contributed by atoms with E-state index in [1.54, 1.807) is 64.3 Å². The highest BCUT2D eigenvalue weighted by Gasteiger charge is 2.36. The smallest absolute Gasteiger partial charge is 0.326 e. The molecule has 73 heavy (non-hydrogen) atoms. The van der Waals surface area contributed by atoms with E-state index in [2.05, 4.69) is 42.5 Å². The van der Waals surface area contributed by atoms with E-state index in [1.165, 1.54) is 11.8 Å². The molecule has 0 fully saturated rings. The van der Waals surface area contributed by atoms with Crippen molar-refractivity contribution in [3.8, 4) is 0 Å². The fraction of sp³-hybridized carbons (Fsp3) is 0.600. The summed E-state index contributed by atoms with van der Waals surface area (Å²) in [6.45, 7) is 4.15. The second-order valence-electron chi connectivity index (χ2n) is 17.5. The van der Waals surface area contributed by atoms with Crippen molar-refractivity contribution in [2.24, 2.45) is 29.0 Å². The molecule has 1 aromatic carbocycles. The molecular formula is C45H71N11O16S. The Balaban J connectivity index is 3.39. The number of thioether (sulfide) groups is 1. The van der Waals surface area contributed by atoms with Crippen LogP contribution in [-0.2, 0) is 64.0 Å². The van der Waals surface area contributed by atoms with Gasteiger partial charge in [-0.05, 0) is 55.1 Å². The Bertz CT molecular complexity index is 2080. The molecule has 1 rings (SSSR count). The van der Waals surface area contributed by atoms with Crippen LogP contribution in [0.25, 0.3) is 0 Å². The summed E-state index contributed by atoms with van der Waals surface area (Å²) in [6, 6.07) is -5.72. The first-order valence-electron chi connectivity index (χ1n) is 23.2. The van der Waals surface area contributed by atoms with Gasteiger partial charge < -0.3 is 80.2 Å². The van der Waals surface area contributed by atoms with Crippen LogP contribution in [-0.4, -0.2) is 171 Å². The highest BCUT2D eigenvalue weighted by molar-refractivity contribution is 7.98. The Morgan fingerprint density at radius 2 is 0.877 bits per heavy atom. The summed E-state index contributed by atoms with van der Waals surface area (Å²) in [4.78, 5) is 155. The average molecular weight is 1050 g/mol. The van der Waals surface area contributed by atoms with E-state index in [9.17, 15) is 78.0 Å². The molecule has 1 aromatic rings. The highest BCUT2D eigenvalue weighted by atomic mass is 32.2. The summed E-state index contributed by atoms with van der Waals surface area (Å²) < 4.78 is 0. The topological polar surface area (TPSA) is 460 Å². The lowest BCUT2D eigenvalue weighted by molar-refractivity contribution is -0.142. The lowest BCUT2D eigenvalue weighted by Gasteiger charge is -2.28. The van der Waals surface area contributed by atoms with Crippen molar-refractivity contribution in [3.05, 3.63) is 35.9 Å². The van der Waals surface area contributed by atoms with Crippen molar-refractivity contribution in [2.45, 2.75) is 133 Å². The molecule has 0 aliphatic rings. The number of carbonyl (C=O) groups is 12. The molecule has 0 radical (unpaired) electrons. The van der Waals surface area contributed by atoms with Gasteiger partial charge >= 0.3 is 11.9 Å². The zero-order valence-corrected chi connectivity index (χ0v) is 42.2. The van der Waals surface area contributed by atoms with Crippen molar-refractivity contribution in [1.82, 2.24) is 42.5 Å². The van der Waals surface area contributed by atoms with Crippen LogP contribution in [0.15, 0.2) is 30.3 Å². The van der Waals surface area contributed by atoms with Crippen LogP contribution in [0.4, 0.5) is 0 Å². The van der Waals surface area contributed by atoms with Crippen LogP contribution in [0.2, 0.25) is 0 Å². The minimum Gasteiger partial charge on any atom is -0.481 e. The zero-order valence-electron chi connectivity index (χ0n) is 41.3. The van der Waals surface area contributed by atoms with E-state index in [4.69, 9.17) is 17.2 Å². The maximum atomic E-state index is 13.9. The number of aliphatic hydroxyl groups is 2. The van der Waals surface area contributed by atoms with E-state index in [0.717, 1.165) is 0 Å². The third-order valence-electron chi connectivity index (χ3n) is 10.9. The molecule has 0 spiro atoms. The van der Waals surface area contributed by atoms with Crippen molar-refractivity contribution in [3.63, 3.8) is 0 Å². The number of hydrogen-bond donors (Lipinski definition) is 15. The van der Waals surface area contributed by atoms with Crippen molar-refractivity contribution in [2.75, 3.05) is 25.2 Å². The minimum atomic E-state index is -1.95. The highest BCUT2D eigenvalue weighted by Crippen LogP contribution is 2.11.